The van der Waals surface area contributed by atoms with Gasteiger partial charge >= 0.3 is 0 Å². The van der Waals surface area contributed by atoms with Crippen LogP contribution in [0.25, 0.3) is 0 Å². The van der Waals surface area contributed by atoms with E-state index in [1.165, 1.54) is 24.3 Å². The van der Waals surface area contributed by atoms with Crippen molar-refractivity contribution in [2.45, 2.75) is 39.0 Å². The molecule has 0 fully saturated rings. The minimum Gasteiger partial charge on any atom is -0.455 e. The van der Waals surface area contributed by atoms with Crippen LogP contribution in [-0.2, 0) is 12.8 Å². The highest BCUT2D eigenvalue weighted by atomic mass is 19.1. The van der Waals surface area contributed by atoms with Crippen LogP contribution in [-0.4, -0.2) is 24.1 Å². The van der Waals surface area contributed by atoms with Crippen LogP contribution in [0.3, 0.4) is 0 Å². The molecule has 0 unspecified atom stereocenters. The van der Waals surface area contributed by atoms with Gasteiger partial charge in [0.1, 0.15) is 11.6 Å². The molecule has 0 radical (unpaired) electrons. The summed E-state index contributed by atoms with van der Waals surface area (Å²) in [6, 6.07) is 13.3. The van der Waals surface area contributed by atoms with E-state index in [1.54, 1.807) is 4.90 Å². The molecule has 168 valence electrons. The zero-order valence-corrected chi connectivity index (χ0v) is 18.4. The summed E-state index contributed by atoms with van der Waals surface area (Å²) in [7, 11) is 0. The van der Waals surface area contributed by atoms with Gasteiger partial charge in [-0.1, -0.05) is 18.2 Å². The molecule has 1 aliphatic carbocycles. The van der Waals surface area contributed by atoms with Crippen molar-refractivity contribution < 1.29 is 18.4 Å². The van der Waals surface area contributed by atoms with Crippen molar-refractivity contribution in [3.05, 3.63) is 88.1 Å². The highest BCUT2D eigenvalue weighted by molar-refractivity contribution is 6.10. The molecular weight excluding hydrogens is 421 g/mol. The molecular formula is C26H24FN3O3. The van der Waals surface area contributed by atoms with E-state index in [2.05, 4.69) is 16.6 Å². The number of carbonyl (C=O) groups is 2. The number of halogens is 1. The van der Waals surface area contributed by atoms with Crippen molar-refractivity contribution in [3.8, 4) is 0 Å². The lowest BCUT2D eigenvalue weighted by molar-refractivity contribution is 0.0948. The summed E-state index contributed by atoms with van der Waals surface area (Å²) in [6.45, 7) is 2.52. The maximum Gasteiger partial charge on any atom is 0.294 e. The van der Waals surface area contributed by atoms with E-state index in [0.29, 0.717) is 36.4 Å². The lowest BCUT2D eigenvalue weighted by atomic mass is 9.93. The number of hydrogen-bond acceptors (Lipinski definition) is 4. The molecule has 0 saturated heterocycles. The number of fused-ring (bicyclic) bond motifs is 2. The average Bonchev–Trinajstić information content (AvgIpc) is 3.19. The van der Waals surface area contributed by atoms with Gasteiger partial charge in [0.25, 0.3) is 11.8 Å². The standard InChI is InChI=1S/C26H24FN3O3/c1-16-23-20(28-29-25(31)18-11-13-19(27)14-12-18)8-4-10-22(23)33-24(16)26(32)30-15-5-7-17-6-2-3-9-21(17)30/h2-3,6,9,11-14H,4-5,7-8,10,15H2,1H3,(H,29,31)/b28-20+. The van der Waals surface area contributed by atoms with Crippen LogP contribution in [0.4, 0.5) is 10.1 Å². The van der Waals surface area contributed by atoms with E-state index in [0.717, 1.165) is 47.4 Å². The minimum absolute atomic E-state index is 0.149. The molecule has 3 aromatic rings. The van der Waals surface area contributed by atoms with Gasteiger partial charge in [0.05, 0.1) is 5.71 Å². The number of anilines is 1. The first-order valence-electron chi connectivity index (χ1n) is 11.2. The lowest BCUT2D eigenvalue weighted by Crippen LogP contribution is -2.35. The molecule has 1 aliphatic heterocycles. The van der Waals surface area contributed by atoms with Crippen LogP contribution >= 0.6 is 0 Å². The number of aryl methyl sites for hydroxylation is 2. The molecule has 0 atom stereocenters. The van der Waals surface area contributed by atoms with Crippen LogP contribution in [0.1, 0.15) is 62.6 Å². The van der Waals surface area contributed by atoms with Gasteiger partial charge < -0.3 is 9.32 Å². The highest BCUT2D eigenvalue weighted by Crippen LogP contribution is 2.33. The molecule has 5 rings (SSSR count). The Morgan fingerprint density at radius 1 is 1.03 bits per heavy atom. The van der Waals surface area contributed by atoms with Gasteiger partial charge in [0, 0.05) is 35.3 Å². The SMILES string of the molecule is Cc1c(C(=O)N2CCCc3ccccc32)oc2c1/C(=N/NC(=O)c1ccc(F)cc1)CCC2. The van der Waals surface area contributed by atoms with Gasteiger partial charge in [0.2, 0.25) is 0 Å². The fraction of sp³-hybridized carbons (Fsp3) is 0.269. The molecule has 6 nitrogen and oxygen atoms in total. The second-order valence-electron chi connectivity index (χ2n) is 8.40. The van der Waals surface area contributed by atoms with Crippen LogP contribution in [0, 0.1) is 12.7 Å². The number of amides is 2. The fourth-order valence-electron chi connectivity index (χ4n) is 4.64. The van der Waals surface area contributed by atoms with Crippen LogP contribution in [0.5, 0.6) is 0 Å². The topological polar surface area (TPSA) is 74.9 Å². The molecule has 0 saturated carbocycles. The van der Waals surface area contributed by atoms with Crippen molar-refractivity contribution in [2.75, 3.05) is 11.4 Å². The maximum absolute atomic E-state index is 13.5. The highest BCUT2D eigenvalue weighted by Gasteiger charge is 2.32. The van der Waals surface area contributed by atoms with E-state index in [4.69, 9.17) is 4.42 Å². The van der Waals surface area contributed by atoms with Crippen molar-refractivity contribution in [3.63, 3.8) is 0 Å². The number of nitrogens with zero attached hydrogens (tertiary/aromatic N) is 2. The summed E-state index contributed by atoms with van der Waals surface area (Å²) in [6.07, 6.45) is 4.05. The Kier molecular flexibility index (Phi) is 5.54. The zero-order chi connectivity index (χ0) is 22.9. The van der Waals surface area contributed by atoms with Crippen LogP contribution in [0.2, 0.25) is 0 Å². The quantitative estimate of drug-likeness (QED) is 0.589. The maximum atomic E-state index is 13.5. The minimum atomic E-state index is -0.419. The molecule has 33 heavy (non-hydrogen) atoms. The third kappa shape index (κ3) is 3.95. The normalized spacial score (nSPS) is 16.3. The molecule has 1 aromatic heterocycles. The first-order chi connectivity index (χ1) is 16.0. The van der Waals surface area contributed by atoms with Gasteiger partial charge in [0.15, 0.2) is 5.76 Å². The van der Waals surface area contributed by atoms with Gasteiger partial charge in [-0.2, -0.15) is 5.10 Å². The lowest BCUT2D eigenvalue weighted by Gasteiger charge is -2.28. The van der Waals surface area contributed by atoms with E-state index < -0.39 is 11.7 Å². The summed E-state index contributed by atoms with van der Waals surface area (Å²) in [4.78, 5) is 27.7. The van der Waals surface area contributed by atoms with Crippen LogP contribution < -0.4 is 10.3 Å². The van der Waals surface area contributed by atoms with Gasteiger partial charge in [-0.05, 0) is 68.5 Å². The summed E-state index contributed by atoms with van der Waals surface area (Å²) >= 11 is 0. The third-order valence-corrected chi connectivity index (χ3v) is 6.27. The molecule has 2 amide bonds. The van der Waals surface area contributed by atoms with Gasteiger partial charge in [-0.3, -0.25) is 9.59 Å². The first kappa shape index (κ1) is 21.1. The number of hydrazone groups is 1. The molecule has 0 bridgehead atoms. The van der Waals surface area contributed by atoms with E-state index in [9.17, 15) is 14.0 Å². The summed E-state index contributed by atoms with van der Waals surface area (Å²) < 4.78 is 19.2. The Hall–Kier alpha value is -3.74. The molecule has 7 heteroatoms. The Bertz CT molecular complexity index is 1260. The van der Waals surface area contributed by atoms with Crippen LogP contribution in [0.15, 0.2) is 58.0 Å². The predicted octanol–water partition coefficient (Wildman–Crippen LogP) is 4.79. The number of benzene rings is 2. The Labute approximate surface area is 191 Å². The Balaban J connectivity index is 1.43. The number of para-hydroxylation sites is 1. The largest absolute Gasteiger partial charge is 0.455 e. The van der Waals surface area contributed by atoms with E-state index in [1.807, 2.05) is 25.1 Å². The Morgan fingerprint density at radius 3 is 2.64 bits per heavy atom. The smallest absolute Gasteiger partial charge is 0.294 e. The van der Waals surface area contributed by atoms with Gasteiger partial charge in [-0.15, -0.1) is 0 Å². The van der Waals surface area contributed by atoms with Gasteiger partial charge in [-0.25, -0.2) is 9.82 Å². The number of nitrogens with one attached hydrogen (secondary N) is 1. The number of rotatable bonds is 3. The molecule has 0 spiro atoms. The molecule has 2 heterocycles. The summed E-state index contributed by atoms with van der Waals surface area (Å²) in [5, 5.41) is 4.34. The van der Waals surface area contributed by atoms with Crippen molar-refractivity contribution in [1.82, 2.24) is 5.43 Å². The predicted molar refractivity (Wildman–Crippen MR) is 123 cm³/mol. The molecule has 1 N–H and O–H groups in total. The summed E-state index contributed by atoms with van der Waals surface area (Å²) in [5.74, 6) is 0.0800. The monoisotopic (exact) mass is 445 g/mol. The third-order valence-electron chi connectivity index (χ3n) is 6.27. The average molecular weight is 445 g/mol. The number of furan rings is 1. The van der Waals surface area contributed by atoms with Crippen molar-refractivity contribution in [1.29, 1.82) is 0 Å². The Morgan fingerprint density at radius 2 is 1.82 bits per heavy atom. The molecule has 2 aliphatic rings. The fourth-order valence-corrected chi connectivity index (χ4v) is 4.64. The number of hydrogen-bond donors (Lipinski definition) is 1. The van der Waals surface area contributed by atoms with E-state index >= 15 is 0 Å². The first-order valence-corrected chi connectivity index (χ1v) is 11.2. The number of carbonyl (C=O) groups excluding carboxylic acids is 2. The second-order valence-corrected chi connectivity index (χ2v) is 8.40. The van der Waals surface area contributed by atoms with Crippen molar-refractivity contribution in [2.24, 2.45) is 5.10 Å². The van der Waals surface area contributed by atoms with E-state index in [-0.39, 0.29) is 5.91 Å². The second kappa shape index (κ2) is 8.65. The zero-order valence-electron chi connectivity index (χ0n) is 18.4. The summed E-state index contributed by atoms with van der Waals surface area (Å²) in [5.41, 5.74) is 7.21. The molecule has 2 aromatic carbocycles. The van der Waals surface area contributed by atoms with Crippen molar-refractivity contribution >= 4 is 23.2 Å².